The Morgan fingerprint density at radius 3 is 3.22 bits per heavy atom. The predicted octanol–water partition coefficient (Wildman–Crippen LogP) is 1.84. The van der Waals surface area contributed by atoms with Crippen LogP contribution in [0.2, 0.25) is 0 Å². The number of pyridine rings is 1. The van der Waals surface area contributed by atoms with Crippen LogP contribution < -0.4 is 0 Å². The first-order chi connectivity index (χ1) is 8.74. The molecule has 5 heteroatoms. The van der Waals surface area contributed by atoms with Crippen LogP contribution >= 0.6 is 0 Å². The standard InChI is InChI=1S/C13H14N2O3/c16-13(17)10-1-3-14-11-6-9(15-12(10)11)5-8-2-4-18-7-8/h1,3,6,8,15H,2,4-5,7H2,(H,16,17). The van der Waals surface area contributed by atoms with E-state index in [1.54, 1.807) is 0 Å². The van der Waals surface area contributed by atoms with Crippen LogP contribution in [0.3, 0.4) is 0 Å². The lowest BCUT2D eigenvalue weighted by Crippen LogP contribution is -2.03. The third-order valence-corrected chi connectivity index (χ3v) is 3.34. The van der Waals surface area contributed by atoms with Crippen LogP contribution in [0.1, 0.15) is 22.5 Å². The molecule has 1 unspecified atom stereocenters. The first-order valence-electron chi connectivity index (χ1n) is 6.01. The van der Waals surface area contributed by atoms with Crippen molar-refractivity contribution < 1.29 is 14.6 Å². The van der Waals surface area contributed by atoms with E-state index >= 15 is 0 Å². The fourth-order valence-electron chi connectivity index (χ4n) is 2.42. The number of aromatic carboxylic acids is 1. The van der Waals surface area contributed by atoms with E-state index in [0.29, 0.717) is 17.0 Å². The molecule has 94 valence electrons. The zero-order valence-corrected chi connectivity index (χ0v) is 9.85. The van der Waals surface area contributed by atoms with Crippen LogP contribution in [-0.2, 0) is 11.2 Å². The smallest absolute Gasteiger partial charge is 0.337 e. The first kappa shape index (κ1) is 11.2. The van der Waals surface area contributed by atoms with Gasteiger partial charge in [-0.15, -0.1) is 0 Å². The van der Waals surface area contributed by atoms with Crippen LogP contribution in [0.25, 0.3) is 11.0 Å². The number of nitrogens with zero attached hydrogens (tertiary/aromatic N) is 1. The van der Waals surface area contributed by atoms with Crippen LogP contribution in [-0.4, -0.2) is 34.3 Å². The highest BCUT2D eigenvalue weighted by Gasteiger charge is 2.18. The Morgan fingerprint density at radius 2 is 2.50 bits per heavy atom. The molecule has 3 rings (SSSR count). The molecule has 0 aromatic carbocycles. The van der Waals surface area contributed by atoms with E-state index in [1.165, 1.54) is 12.3 Å². The molecule has 0 aliphatic carbocycles. The van der Waals surface area contributed by atoms with Gasteiger partial charge < -0.3 is 14.8 Å². The number of nitrogens with one attached hydrogen (secondary N) is 1. The zero-order valence-electron chi connectivity index (χ0n) is 9.85. The molecule has 0 radical (unpaired) electrons. The summed E-state index contributed by atoms with van der Waals surface area (Å²) in [6.45, 7) is 1.61. The summed E-state index contributed by atoms with van der Waals surface area (Å²) in [5, 5.41) is 9.11. The van der Waals surface area contributed by atoms with Crippen molar-refractivity contribution in [1.82, 2.24) is 9.97 Å². The average Bonchev–Trinajstić information content (AvgIpc) is 2.96. The quantitative estimate of drug-likeness (QED) is 0.866. The molecular weight excluding hydrogens is 232 g/mol. The maximum absolute atomic E-state index is 11.1. The number of carboxylic acids is 1. The maximum atomic E-state index is 11.1. The fraction of sp³-hybridized carbons (Fsp3) is 0.385. The highest BCUT2D eigenvalue weighted by atomic mass is 16.5. The molecule has 1 aliphatic rings. The van der Waals surface area contributed by atoms with Gasteiger partial charge in [-0.25, -0.2) is 4.79 Å². The number of aromatic amines is 1. The summed E-state index contributed by atoms with van der Waals surface area (Å²) in [6.07, 6.45) is 3.48. The monoisotopic (exact) mass is 246 g/mol. The van der Waals surface area contributed by atoms with Crippen molar-refractivity contribution in [2.75, 3.05) is 13.2 Å². The maximum Gasteiger partial charge on any atom is 0.337 e. The molecule has 1 fully saturated rings. The number of hydrogen-bond donors (Lipinski definition) is 2. The second-order valence-corrected chi connectivity index (χ2v) is 4.65. The van der Waals surface area contributed by atoms with Crippen LogP contribution in [0.4, 0.5) is 0 Å². The van der Waals surface area contributed by atoms with E-state index in [2.05, 4.69) is 9.97 Å². The minimum Gasteiger partial charge on any atom is -0.478 e. The van der Waals surface area contributed by atoms with Gasteiger partial charge in [-0.05, 0) is 30.9 Å². The predicted molar refractivity (Wildman–Crippen MR) is 65.7 cm³/mol. The van der Waals surface area contributed by atoms with Gasteiger partial charge in [0.2, 0.25) is 0 Å². The fourth-order valence-corrected chi connectivity index (χ4v) is 2.42. The van der Waals surface area contributed by atoms with E-state index in [9.17, 15) is 4.79 Å². The molecule has 1 aliphatic heterocycles. The summed E-state index contributed by atoms with van der Waals surface area (Å²) in [6, 6.07) is 3.45. The molecule has 1 atom stereocenters. The molecule has 18 heavy (non-hydrogen) atoms. The lowest BCUT2D eigenvalue weighted by Gasteiger charge is -2.04. The Bertz CT molecular complexity index is 585. The second-order valence-electron chi connectivity index (χ2n) is 4.65. The number of ether oxygens (including phenoxy) is 1. The summed E-state index contributed by atoms with van der Waals surface area (Å²) >= 11 is 0. The van der Waals surface area contributed by atoms with Crippen LogP contribution in [0.15, 0.2) is 18.3 Å². The normalized spacial score (nSPS) is 19.4. The molecule has 2 N–H and O–H groups in total. The molecule has 0 saturated carbocycles. The first-order valence-corrected chi connectivity index (χ1v) is 6.01. The van der Waals surface area contributed by atoms with Crippen LogP contribution in [0, 0.1) is 5.92 Å². The molecular formula is C13H14N2O3. The Hall–Kier alpha value is -1.88. The number of H-pyrrole nitrogens is 1. The second kappa shape index (κ2) is 4.42. The molecule has 0 bridgehead atoms. The van der Waals surface area contributed by atoms with Gasteiger partial charge in [-0.1, -0.05) is 0 Å². The Balaban J connectivity index is 1.94. The van der Waals surface area contributed by atoms with E-state index in [1.807, 2.05) is 6.07 Å². The SMILES string of the molecule is O=C(O)c1ccnc2cc(CC3CCOC3)[nH]c12. The van der Waals surface area contributed by atoms with E-state index in [0.717, 1.165) is 31.7 Å². The van der Waals surface area contributed by atoms with Crippen molar-refractivity contribution in [2.24, 2.45) is 5.92 Å². The van der Waals surface area contributed by atoms with Crippen molar-refractivity contribution in [3.63, 3.8) is 0 Å². The number of rotatable bonds is 3. The summed E-state index contributed by atoms with van der Waals surface area (Å²) in [5.41, 5.74) is 2.62. The van der Waals surface area contributed by atoms with Crippen molar-refractivity contribution in [3.8, 4) is 0 Å². The topological polar surface area (TPSA) is 75.2 Å². The van der Waals surface area contributed by atoms with Gasteiger partial charge in [0.15, 0.2) is 0 Å². The van der Waals surface area contributed by atoms with Crippen molar-refractivity contribution >= 4 is 17.0 Å². The molecule has 2 aromatic rings. The highest BCUT2D eigenvalue weighted by molar-refractivity contribution is 6.00. The summed E-state index contributed by atoms with van der Waals surface area (Å²) < 4.78 is 5.34. The number of aromatic nitrogens is 2. The average molecular weight is 246 g/mol. The minimum atomic E-state index is -0.931. The van der Waals surface area contributed by atoms with Gasteiger partial charge in [0, 0.05) is 25.1 Å². The lowest BCUT2D eigenvalue weighted by atomic mass is 10.0. The molecule has 1 saturated heterocycles. The van der Waals surface area contributed by atoms with Gasteiger partial charge in [-0.2, -0.15) is 0 Å². The highest BCUT2D eigenvalue weighted by Crippen LogP contribution is 2.22. The van der Waals surface area contributed by atoms with Gasteiger partial charge in [-0.3, -0.25) is 4.98 Å². The van der Waals surface area contributed by atoms with Crippen molar-refractivity contribution in [1.29, 1.82) is 0 Å². The Morgan fingerprint density at radius 1 is 1.61 bits per heavy atom. The molecule has 0 amide bonds. The molecule has 3 heterocycles. The van der Waals surface area contributed by atoms with Crippen LogP contribution in [0.5, 0.6) is 0 Å². The Labute approximate surface area is 104 Å². The van der Waals surface area contributed by atoms with Gasteiger partial charge in [0.1, 0.15) is 0 Å². The third-order valence-electron chi connectivity index (χ3n) is 3.34. The van der Waals surface area contributed by atoms with Crippen molar-refractivity contribution in [2.45, 2.75) is 12.8 Å². The zero-order chi connectivity index (χ0) is 12.5. The summed E-state index contributed by atoms with van der Waals surface area (Å²) in [5.74, 6) is -0.411. The minimum absolute atomic E-state index is 0.272. The molecule has 2 aromatic heterocycles. The molecule has 5 nitrogen and oxygen atoms in total. The number of carbonyl (C=O) groups is 1. The summed E-state index contributed by atoms with van der Waals surface area (Å²) in [4.78, 5) is 18.5. The Kier molecular flexibility index (Phi) is 2.76. The summed E-state index contributed by atoms with van der Waals surface area (Å²) in [7, 11) is 0. The van der Waals surface area contributed by atoms with Gasteiger partial charge in [0.05, 0.1) is 16.6 Å². The van der Waals surface area contributed by atoms with Crippen molar-refractivity contribution in [3.05, 3.63) is 29.6 Å². The van der Waals surface area contributed by atoms with Gasteiger partial charge in [0.25, 0.3) is 0 Å². The van der Waals surface area contributed by atoms with Gasteiger partial charge >= 0.3 is 5.97 Å². The molecule has 0 spiro atoms. The van der Waals surface area contributed by atoms with E-state index in [-0.39, 0.29) is 5.56 Å². The number of carboxylic acid groups (broad SMARTS) is 1. The number of hydrogen-bond acceptors (Lipinski definition) is 3. The lowest BCUT2D eigenvalue weighted by molar-refractivity contribution is 0.0698. The largest absolute Gasteiger partial charge is 0.478 e. The van der Waals surface area contributed by atoms with E-state index in [4.69, 9.17) is 9.84 Å². The number of fused-ring (bicyclic) bond motifs is 1. The van der Waals surface area contributed by atoms with E-state index < -0.39 is 5.97 Å². The third kappa shape index (κ3) is 1.97.